The van der Waals surface area contributed by atoms with Crippen LogP contribution in [0.25, 0.3) is 0 Å². The molecule has 2 atom stereocenters. The quantitative estimate of drug-likeness (QED) is 0.844. The van der Waals surface area contributed by atoms with Crippen LogP contribution in [-0.4, -0.2) is 43.2 Å². The average molecular weight is 319 g/mol. The lowest BCUT2D eigenvalue weighted by Crippen LogP contribution is -2.52. The molecule has 1 fully saturated rings. The number of amides is 1. The molecule has 128 valence electrons. The van der Waals surface area contributed by atoms with E-state index in [1.165, 1.54) is 0 Å². The van der Waals surface area contributed by atoms with Crippen LogP contribution in [0, 0.1) is 11.8 Å². The van der Waals surface area contributed by atoms with E-state index in [2.05, 4.69) is 24.1 Å². The zero-order valence-corrected chi connectivity index (χ0v) is 14.2. The lowest BCUT2D eigenvalue weighted by atomic mass is 9.85. The monoisotopic (exact) mass is 319 g/mol. The molecule has 1 aromatic rings. The first kappa shape index (κ1) is 17.8. The van der Waals surface area contributed by atoms with Crippen LogP contribution in [0.15, 0.2) is 30.3 Å². The minimum Gasteiger partial charge on any atom is -0.445 e. The molecule has 3 N–H and O–H groups in total. The van der Waals surface area contributed by atoms with Crippen LogP contribution in [0.3, 0.4) is 0 Å². The van der Waals surface area contributed by atoms with Gasteiger partial charge in [0, 0.05) is 32.2 Å². The molecule has 23 heavy (non-hydrogen) atoms. The van der Waals surface area contributed by atoms with Gasteiger partial charge in [-0.25, -0.2) is 4.79 Å². The summed E-state index contributed by atoms with van der Waals surface area (Å²) in [5, 5.41) is 3.02. The van der Waals surface area contributed by atoms with Gasteiger partial charge in [0.2, 0.25) is 0 Å². The van der Waals surface area contributed by atoms with Crippen LogP contribution in [-0.2, 0) is 11.3 Å². The number of alkyl carbamates (subject to hydrolysis) is 1. The van der Waals surface area contributed by atoms with Gasteiger partial charge in [0.1, 0.15) is 6.61 Å². The topological polar surface area (TPSA) is 67.6 Å². The van der Waals surface area contributed by atoms with Gasteiger partial charge in [0.05, 0.1) is 0 Å². The summed E-state index contributed by atoms with van der Waals surface area (Å²) in [4.78, 5) is 14.4. The van der Waals surface area contributed by atoms with Gasteiger partial charge in [-0.15, -0.1) is 0 Å². The number of nitrogens with zero attached hydrogens (tertiary/aromatic N) is 1. The number of rotatable bonds is 6. The van der Waals surface area contributed by atoms with E-state index in [1.54, 1.807) is 0 Å². The third kappa shape index (κ3) is 5.84. The lowest BCUT2D eigenvalue weighted by Gasteiger charge is -2.39. The fourth-order valence-corrected chi connectivity index (χ4v) is 3.12. The first-order chi connectivity index (χ1) is 11.1. The minimum atomic E-state index is -0.337. The number of ether oxygens (including phenoxy) is 1. The summed E-state index contributed by atoms with van der Waals surface area (Å²) in [6.45, 7) is 8.21. The fourth-order valence-electron chi connectivity index (χ4n) is 3.12. The Kier molecular flexibility index (Phi) is 6.86. The molecule has 5 nitrogen and oxygen atoms in total. The molecular weight excluding hydrogens is 290 g/mol. The first-order valence-electron chi connectivity index (χ1n) is 8.48. The first-order valence-corrected chi connectivity index (χ1v) is 8.48. The fraction of sp³-hybridized carbons (Fsp3) is 0.611. The summed E-state index contributed by atoms with van der Waals surface area (Å²) in [5.74, 6) is 1.18. The van der Waals surface area contributed by atoms with E-state index >= 15 is 0 Å². The number of nitrogens with two attached hydrogens (primary N) is 1. The standard InChI is InChI=1S/C18H29N3O2/c1-14(2)16-10-17(12-21(11-16)9-8-19)20-18(22)23-13-15-6-4-3-5-7-15/h3-7,14,16-17H,8-13,19H2,1-2H3,(H,20,22). The second-order valence-electron chi connectivity index (χ2n) is 6.69. The number of likely N-dealkylation sites (tertiary alicyclic amines) is 1. The second-order valence-corrected chi connectivity index (χ2v) is 6.69. The largest absolute Gasteiger partial charge is 0.445 e. The van der Waals surface area contributed by atoms with Crippen molar-refractivity contribution in [3.63, 3.8) is 0 Å². The van der Waals surface area contributed by atoms with E-state index in [4.69, 9.17) is 10.5 Å². The van der Waals surface area contributed by atoms with Crippen LogP contribution >= 0.6 is 0 Å². The maximum absolute atomic E-state index is 12.0. The van der Waals surface area contributed by atoms with Crippen LogP contribution in [0.5, 0.6) is 0 Å². The van der Waals surface area contributed by atoms with Gasteiger partial charge in [-0.05, 0) is 23.8 Å². The Morgan fingerprint density at radius 1 is 1.35 bits per heavy atom. The number of carbonyl (C=O) groups is 1. The van der Waals surface area contributed by atoms with Crippen LogP contribution in [0.2, 0.25) is 0 Å². The molecule has 0 radical (unpaired) electrons. The Labute approximate surface area is 139 Å². The van der Waals surface area contributed by atoms with Gasteiger partial charge >= 0.3 is 6.09 Å². The van der Waals surface area contributed by atoms with Crippen molar-refractivity contribution in [2.45, 2.75) is 32.9 Å². The number of piperidine rings is 1. The van der Waals surface area contributed by atoms with Crippen molar-refractivity contribution in [3.05, 3.63) is 35.9 Å². The summed E-state index contributed by atoms with van der Waals surface area (Å²) in [5.41, 5.74) is 6.68. The number of nitrogens with one attached hydrogen (secondary N) is 1. The number of hydrogen-bond acceptors (Lipinski definition) is 4. The van der Waals surface area contributed by atoms with Crippen LogP contribution in [0.1, 0.15) is 25.8 Å². The molecule has 0 aromatic heterocycles. The predicted octanol–water partition coefficient (Wildman–Crippen LogP) is 2.22. The van der Waals surface area contributed by atoms with Crippen molar-refractivity contribution in [1.29, 1.82) is 0 Å². The zero-order valence-electron chi connectivity index (χ0n) is 14.2. The maximum atomic E-state index is 12.0. The molecule has 1 amide bonds. The molecule has 1 aliphatic rings. The van der Waals surface area contributed by atoms with E-state index < -0.39 is 0 Å². The highest BCUT2D eigenvalue weighted by Gasteiger charge is 2.29. The molecule has 1 aromatic carbocycles. The van der Waals surface area contributed by atoms with Crippen molar-refractivity contribution in [1.82, 2.24) is 10.2 Å². The van der Waals surface area contributed by atoms with Gasteiger partial charge in [-0.3, -0.25) is 4.90 Å². The highest BCUT2D eigenvalue weighted by Crippen LogP contribution is 2.23. The van der Waals surface area contributed by atoms with Crippen molar-refractivity contribution in [2.24, 2.45) is 17.6 Å². The smallest absolute Gasteiger partial charge is 0.407 e. The Balaban J connectivity index is 1.83. The molecule has 1 heterocycles. The van der Waals surface area contributed by atoms with Crippen molar-refractivity contribution >= 4 is 6.09 Å². The number of hydrogen-bond donors (Lipinski definition) is 2. The van der Waals surface area contributed by atoms with Crippen molar-refractivity contribution in [3.8, 4) is 0 Å². The normalized spacial score (nSPS) is 22.1. The number of carbonyl (C=O) groups excluding carboxylic acids is 1. The molecule has 5 heteroatoms. The van der Waals surface area contributed by atoms with Crippen LogP contribution in [0.4, 0.5) is 4.79 Å². The Morgan fingerprint density at radius 2 is 2.09 bits per heavy atom. The lowest BCUT2D eigenvalue weighted by molar-refractivity contribution is 0.0995. The molecule has 0 aliphatic carbocycles. The van der Waals surface area contributed by atoms with Gasteiger partial charge in [0.15, 0.2) is 0 Å². The molecule has 2 rings (SSSR count). The molecule has 0 bridgehead atoms. The number of benzene rings is 1. The van der Waals surface area contributed by atoms with E-state index in [0.29, 0.717) is 25.0 Å². The second kappa shape index (κ2) is 8.89. The SMILES string of the molecule is CC(C)C1CC(NC(=O)OCc2ccccc2)CN(CCN)C1. The maximum Gasteiger partial charge on any atom is 0.407 e. The van der Waals surface area contributed by atoms with Crippen molar-refractivity contribution in [2.75, 3.05) is 26.2 Å². The third-order valence-corrected chi connectivity index (χ3v) is 4.48. The molecule has 1 aliphatic heterocycles. The third-order valence-electron chi connectivity index (χ3n) is 4.48. The summed E-state index contributed by atoms with van der Waals surface area (Å²) in [7, 11) is 0. The van der Waals surface area contributed by atoms with E-state index in [1.807, 2.05) is 30.3 Å². The molecule has 1 saturated heterocycles. The molecule has 0 spiro atoms. The van der Waals surface area contributed by atoms with Gasteiger partial charge in [0.25, 0.3) is 0 Å². The molecule has 2 unspecified atom stereocenters. The van der Waals surface area contributed by atoms with E-state index in [-0.39, 0.29) is 12.1 Å². The zero-order chi connectivity index (χ0) is 16.7. The van der Waals surface area contributed by atoms with Gasteiger partial charge in [-0.2, -0.15) is 0 Å². The van der Waals surface area contributed by atoms with E-state index in [9.17, 15) is 4.79 Å². The van der Waals surface area contributed by atoms with Crippen molar-refractivity contribution < 1.29 is 9.53 Å². The van der Waals surface area contributed by atoms with Gasteiger partial charge in [-0.1, -0.05) is 44.2 Å². The summed E-state index contributed by atoms with van der Waals surface area (Å²) in [6.07, 6.45) is 0.662. The van der Waals surface area contributed by atoms with Crippen LogP contribution < -0.4 is 11.1 Å². The highest BCUT2D eigenvalue weighted by molar-refractivity contribution is 5.67. The summed E-state index contributed by atoms with van der Waals surface area (Å²) < 4.78 is 5.33. The Hall–Kier alpha value is -1.59. The summed E-state index contributed by atoms with van der Waals surface area (Å²) >= 11 is 0. The Morgan fingerprint density at radius 3 is 2.74 bits per heavy atom. The molecule has 0 saturated carbocycles. The average Bonchev–Trinajstić information content (AvgIpc) is 2.54. The Bertz CT molecular complexity index is 478. The minimum absolute atomic E-state index is 0.131. The predicted molar refractivity (Wildman–Crippen MR) is 92.0 cm³/mol. The highest BCUT2D eigenvalue weighted by atomic mass is 16.5. The summed E-state index contributed by atoms with van der Waals surface area (Å²) in [6, 6.07) is 9.86. The van der Waals surface area contributed by atoms with Gasteiger partial charge < -0.3 is 15.8 Å². The molecular formula is C18H29N3O2. The van der Waals surface area contributed by atoms with E-state index in [0.717, 1.165) is 31.6 Å².